The second kappa shape index (κ2) is 7.63. The van der Waals surface area contributed by atoms with Gasteiger partial charge in [-0.05, 0) is 23.6 Å². The summed E-state index contributed by atoms with van der Waals surface area (Å²) in [5.41, 5.74) is 0.462. The Labute approximate surface area is 142 Å². The number of para-hydroxylation sites is 1. The Morgan fingerprint density at radius 3 is 2.41 bits per heavy atom. The molecule has 0 atom stereocenters. The lowest BCUT2D eigenvalue weighted by molar-refractivity contribution is -0.116. The highest BCUT2D eigenvalue weighted by Gasteiger charge is 2.18. The van der Waals surface area contributed by atoms with Crippen LogP contribution in [-0.2, 0) is 4.79 Å². The van der Waals surface area contributed by atoms with Crippen LogP contribution in [0.2, 0.25) is 10.0 Å². The molecule has 1 aromatic carbocycles. The third kappa shape index (κ3) is 4.00. The predicted octanol–water partition coefficient (Wildman–Crippen LogP) is 3.84. The van der Waals surface area contributed by atoms with Crippen molar-refractivity contribution in [3.8, 4) is 0 Å². The predicted molar refractivity (Wildman–Crippen MR) is 91.1 cm³/mol. The Kier molecular flexibility index (Phi) is 5.83. The molecule has 0 aliphatic carbocycles. The number of nitrogens with one attached hydrogen (secondary N) is 1. The van der Waals surface area contributed by atoms with Crippen molar-refractivity contribution in [3.63, 3.8) is 0 Å². The molecule has 0 aliphatic rings. The summed E-state index contributed by atoms with van der Waals surface area (Å²) in [7, 11) is 0. The van der Waals surface area contributed by atoms with E-state index in [1.165, 1.54) is 23.2 Å². The zero-order valence-corrected chi connectivity index (χ0v) is 14.1. The number of nitrogens with zero attached hydrogens (tertiary/aromatic N) is 1. The van der Waals surface area contributed by atoms with Crippen molar-refractivity contribution in [1.82, 2.24) is 5.32 Å². The minimum Gasteiger partial charge on any atom is -0.350 e. The molecule has 2 aromatic rings. The molecule has 0 unspecified atom stereocenters. The molecule has 0 aliphatic heterocycles. The normalized spacial score (nSPS) is 10.3. The molecule has 2 rings (SSSR count). The van der Waals surface area contributed by atoms with E-state index in [9.17, 15) is 9.59 Å². The fraction of sp³-hybridized carbons (Fsp3) is 0.200. The van der Waals surface area contributed by atoms with Gasteiger partial charge in [-0.2, -0.15) is 0 Å². The van der Waals surface area contributed by atoms with Gasteiger partial charge in [0.15, 0.2) is 0 Å². The maximum Gasteiger partial charge on any atom is 0.261 e. The fourth-order valence-corrected chi connectivity index (χ4v) is 3.19. The quantitative estimate of drug-likeness (QED) is 0.884. The summed E-state index contributed by atoms with van der Waals surface area (Å²) in [6, 6.07) is 8.61. The number of anilines is 1. The number of carbonyl (C=O) groups is 2. The summed E-state index contributed by atoms with van der Waals surface area (Å²) in [5.74, 6) is -0.357. The maximum absolute atomic E-state index is 11.9. The highest BCUT2D eigenvalue weighted by molar-refractivity contribution is 7.12. The van der Waals surface area contributed by atoms with Crippen molar-refractivity contribution < 1.29 is 9.59 Å². The van der Waals surface area contributed by atoms with Crippen LogP contribution in [0.15, 0.2) is 35.7 Å². The van der Waals surface area contributed by atoms with Gasteiger partial charge in [0.1, 0.15) is 0 Å². The zero-order valence-electron chi connectivity index (χ0n) is 11.8. The first kappa shape index (κ1) is 16.8. The molecule has 0 spiro atoms. The molecule has 116 valence electrons. The third-order valence-corrected chi connectivity index (χ3v) is 4.43. The average Bonchev–Trinajstić information content (AvgIpc) is 2.99. The van der Waals surface area contributed by atoms with Crippen LogP contribution in [0.4, 0.5) is 5.69 Å². The zero-order chi connectivity index (χ0) is 16.1. The first-order valence-corrected chi connectivity index (χ1v) is 8.18. The number of hydrogen-bond acceptors (Lipinski definition) is 3. The lowest BCUT2D eigenvalue weighted by atomic mass is 10.2. The Bertz CT molecular complexity index is 654. The van der Waals surface area contributed by atoms with Gasteiger partial charge >= 0.3 is 0 Å². The van der Waals surface area contributed by atoms with Crippen LogP contribution in [0.1, 0.15) is 16.6 Å². The van der Waals surface area contributed by atoms with E-state index < -0.39 is 0 Å². The van der Waals surface area contributed by atoms with Gasteiger partial charge in [0.25, 0.3) is 5.91 Å². The van der Waals surface area contributed by atoms with Crippen LogP contribution in [0, 0.1) is 0 Å². The van der Waals surface area contributed by atoms with Gasteiger partial charge in [-0.15, -0.1) is 11.3 Å². The summed E-state index contributed by atoms with van der Waals surface area (Å²) >= 11 is 13.6. The van der Waals surface area contributed by atoms with Gasteiger partial charge in [-0.3, -0.25) is 9.59 Å². The number of rotatable bonds is 5. The van der Waals surface area contributed by atoms with Gasteiger partial charge < -0.3 is 10.2 Å². The van der Waals surface area contributed by atoms with Crippen molar-refractivity contribution in [2.24, 2.45) is 0 Å². The van der Waals surface area contributed by atoms with E-state index in [0.717, 1.165) is 0 Å². The molecule has 1 aromatic heterocycles. The SMILES string of the molecule is CC(=O)N(CCNC(=O)c1cccs1)c1c(Cl)cccc1Cl. The van der Waals surface area contributed by atoms with E-state index in [1.807, 2.05) is 11.4 Å². The average molecular weight is 357 g/mol. The molecule has 22 heavy (non-hydrogen) atoms. The van der Waals surface area contributed by atoms with E-state index >= 15 is 0 Å². The van der Waals surface area contributed by atoms with Crippen molar-refractivity contribution >= 4 is 52.0 Å². The molecule has 1 N–H and O–H groups in total. The Balaban J connectivity index is 2.04. The molecular weight excluding hydrogens is 343 g/mol. The molecule has 1 heterocycles. The van der Waals surface area contributed by atoms with E-state index in [-0.39, 0.29) is 18.4 Å². The number of amides is 2. The molecule has 4 nitrogen and oxygen atoms in total. The first-order valence-electron chi connectivity index (χ1n) is 6.54. The van der Waals surface area contributed by atoms with E-state index in [0.29, 0.717) is 27.2 Å². The Morgan fingerprint density at radius 2 is 1.86 bits per heavy atom. The van der Waals surface area contributed by atoms with E-state index in [4.69, 9.17) is 23.2 Å². The number of benzene rings is 1. The van der Waals surface area contributed by atoms with Crippen LogP contribution >= 0.6 is 34.5 Å². The number of thiophene rings is 1. The number of hydrogen-bond donors (Lipinski definition) is 1. The van der Waals surface area contributed by atoms with Gasteiger partial charge in [-0.25, -0.2) is 0 Å². The van der Waals surface area contributed by atoms with Crippen LogP contribution in [-0.4, -0.2) is 24.9 Å². The molecule has 0 saturated heterocycles. The highest BCUT2D eigenvalue weighted by atomic mass is 35.5. The largest absolute Gasteiger partial charge is 0.350 e. The monoisotopic (exact) mass is 356 g/mol. The van der Waals surface area contributed by atoms with Crippen molar-refractivity contribution in [2.75, 3.05) is 18.0 Å². The summed E-state index contributed by atoms with van der Waals surface area (Å²) in [4.78, 5) is 25.8. The minimum atomic E-state index is -0.194. The molecule has 0 radical (unpaired) electrons. The van der Waals surface area contributed by atoms with Crippen LogP contribution in [0.3, 0.4) is 0 Å². The van der Waals surface area contributed by atoms with Gasteiger partial charge in [0.2, 0.25) is 5.91 Å². The third-order valence-electron chi connectivity index (χ3n) is 2.95. The van der Waals surface area contributed by atoms with Gasteiger partial charge in [-0.1, -0.05) is 35.3 Å². The van der Waals surface area contributed by atoms with E-state index in [1.54, 1.807) is 24.3 Å². The van der Waals surface area contributed by atoms with Crippen LogP contribution in [0.5, 0.6) is 0 Å². The van der Waals surface area contributed by atoms with Gasteiger partial charge in [0.05, 0.1) is 20.6 Å². The number of carbonyl (C=O) groups excluding carboxylic acids is 2. The highest BCUT2D eigenvalue weighted by Crippen LogP contribution is 2.33. The smallest absolute Gasteiger partial charge is 0.261 e. The second-order valence-corrected chi connectivity index (χ2v) is 6.24. The number of halogens is 2. The van der Waals surface area contributed by atoms with Crippen molar-refractivity contribution in [2.45, 2.75) is 6.92 Å². The molecular formula is C15H14Cl2N2O2S. The lowest BCUT2D eigenvalue weighted by Gasteiger charge is -2.23. The Hall–Kier alpha value is -1.56. The first-order chi connectivity index (χ1) is 10.5. The topological polar surface area (TPSA) is 49.4 Å². The molecule has 7 heteroatoms. The summed E-state index contributed by atoms with van der Waals surface area (Å²) < 4.78 is 0. The van der Waals surface area contributed by atoms with Crippen LogP contribution in [0.25, 0.3) is 0 Å². The molecule has 0 saturated carbocycles. The second-order valence-electron chi connectivity index (χ2n) is 4.47. The summed E-state index contributed by atoms with van der Waals surface area (Å²) in [6.07, 6.45) is 0. The van der Waals surface area contributed by atoms with Gasteiger partial charge in [0, 0.05) is 20.0 Å². The molecule has 0 bridgehead atoms. The van der Waals surface area contributed by atoms with Crippen molar-refractivity contribution in [1.29, 1.82) is 0 Å². The fourth-order valence-electron chi connectivity index (χ4n) is 1.95. The van der Waals surface area contributed by atoms with Crippen molar-refractivity contribution in [3.05, 3.63) is 50.6 Å². The summed E-state index contributed by atoms with van der Waals surface area (Å²) in [6.45, 7) is 2.02. The minimum absolute atomic E-state index is 0.163. The Morgan fingerprint density at radius 1 is 1.18 bits per heavy atom. The molecule has 2 amide bonds. The molecule has 0 fully saturated rings. The summed E-state index contributed by atoms with van der Waals surface area (Å²) in [5, 5.41) is 5.40. The maximum atomic E-state index is 11.9. The lowest BCUT2D eigenvalue weighted by Crippen LogP contribution is -2.37. The standard InChI is InChI=1S/C15H14Cl2N2O2S/c1-10(20)19(14-11(16)4-2-5-12(14)17)8-7-18-15(21)13-6-3-9-22-13/h2-6,9H,7-8H2,1H3,(H,18,21). The van der Waals surface area contributed by atoms with Crippen LogP contribution < -0.4 is 10.2 Å². The van der Waals surface area contributed by atoms with E-state index in [2.05, 4.69) is 5.32 Å².